The van der Waals surface area contributed by atoms with Crippen molar-refractivity contribution in [3.63, 3.8) is 0 Å². The van der Waals surface area contributed by atoms with Gasteiger partial charge in [-0.1, -0.05) is 30.3 Å². The Balaban J connectivity index is 1.43. The molecule has 2 aromatic carbocycles. The number of amides is 2. The summed E-state index contributed by atoms with van der Waals surface area (Å²) in [7, 11) is 0. The average molecular weight is 354 g/mol. The molecule has 4 nitrogen and oxygen atoms in total. The summed E-state index contributed by atoms with van der Waals surface area (Å²) in [5, 5.41) is 2.89. The first-order chi connectivity index (χ1) is 12.6. The van der Waals surface area contributed by atoms with Crippen molar-refractivity contribution in [3.05, 3.63) is 66.0 Å². The minimum absolute atomic E-state index is 0.0149. The van der Waals surface area contributed by atoms with E-state index >= 15 is 0 Å². The smallest absolute Gasteiger partial charge is 0.256 e. The fourth-order valence-corrected chi connectivity index (χ4v) is 3.31. The first-order valence-electron chi connectivity index (χ1n) is 9.02. The SMILES string of the molecule is O=C(CCC1CCN(C(=O)c2ccccc2F)CC1)Nc1ccccc1. The van der Waals surface area contributed by atoms with E-state index in [1.807, 2.05) is 30.3 Å². The molecule has 1 fully saturated rings. The molecular formula is C21H23FN2O2. The molecule has 1 N–H and O–H groups in total. The number of hydrogen-bond donors (Lipinski definition) is 1. The molecule has 2 amide bonds. The van der Waals surface area contributed by atoms with Crippen molar-refractivity contribution >= 4 is 17.5 Å². The molecule has 1 aliphatic rings. The molecule has 1 saturated heterocycles. The zero-order valence-electron chi connectivity index (χ0n) is 14.7. The van der Waals surface area contributed by atoms with Crippen LogP contribution in [-0.2, 0) is 4.79 Å². The van der Waals surface area contributed by atoms with Gasteiger partial charge in [-0.05, 0) is 49.4 Å². The molecule has 0 unspecified atom stereocenters. The highest BCUT2D eigenvalue weighted by atomic mass is 19.1. The molecule has 0 spiro atoms. The first kappa shape index (κ1) is 18.1. The molecule has 26 heavy (non-hydrogen) atoms. The summed E-state index contributed by atoms with van der Waals surface area (Å²) in [5.74, 6) is -0.289. The largest absolute Gasteiger partial charge is 0.339 e. The van der Waals surface area contributed by atoms with Crippen molar-refractivity contribution < 1.29 is 14.0 Å². The van der Waals surface area contributed by atoms with Crippen molar-refractivity contribution in [2.75, 3.05) is 18.4 Å². The minimum Gasteiger partial charge on any atom is -0.339 e. The highest BCUT2D eigenvalue weighted by Gasteiger charge is 2.25. The lowest BCUT2D eigenvalue weighted by molar-refractivity contribution is -0.116. The van der Waals surface area contributed by atoms with E-state index in [1.54, 1.807) is 17.0 Å². The Bertz CT molecular complexity index is 756. The highest BCUT2D eigenvalue weighted by Crippen LogP contribution is 2.24. The average Bonchev–Trinajstić information content (AvgIpc) is 2.67. The summed E-state index contributed by atoms with van der Waals surface area (Å²) in [5.41, 5.74) is 0.941. The molecule has 3 rings (SSSR count). The van der Waals surface area contributed by atoms with Gasteiger partial charge in [-0.2, -0.15) is 0 Å². The van der Waals surface area contributed by atoms with Crippen LogP contribution in [0.2, 0.25) is 0 Å². The molecule has 5 heteroatoms. The van der Waals surface area contributed by atoms with Crippen molar-refractivity contribution in [2.24, 2.45) is 5.92 Å². The quantitative estimate of drug-likeness (QED) is 0.879. The zero-order chi connectivity index (χ0) is 18.4. The first-order valence-corrected chi connectivity index (χ1v) is 9.02. The molecule has 1 aliphatic heterocycles. The predicted molar refractivity (Wildman–Crippen MR) is 99.3 cm³/mol. The van der Waals surface area contributed by atoms with E-state index in [-0.39, 0.29) is 17.4 Å². The van der Waals surface area contributed by atoms with E-state index in [9.17, 15) is 14.0 Å². The van der Waals surface area contributed by atoms with Crippen LogP contribution in [-0.4, -0.2) is 29.8 Å². The van der Waals surface area contributed by atoms with Crippen LogP contribution in [0.1, 0.15) is 36.0 Å². The Morgan fingerprint density at radius 2 is 1.65 bits per heavy atom. The van der Waals surface area contributed by atoms with Gasteiger partial charge >= 0.3 is 0 Å². The second kappa shape index (κ2) is 8.61. The Morgan fingerprint density at radius 3 is 2.35 bits per heavy atom. The Hall–Kier alpha value is -2.69. The number of rotatable bonds is 5. The fourth-order valence-electron chi connectivity index (χ4n) is 3.31. The van der Waals surface area contributed by atoms with Gasteiger partial charge in [0.1, 0.15) is 5.82 Å². The summed E-state index contributed by atoms with van der Waals surface area (Å²) in [6.45, 7) is 1.22. The Kier molecular flexibility index (Phi) is 6.00. The third-order valence-electron chi connectivity index (χ3n) is 4.84. The van der Waals surface area contributed by atoms with Crippen LogP contribution in [0.15, 0.2) is 54.6 Å². The zero-order valence-corrected chi connectivity index (χ0v) is 14.7. The maximum absolute atomic E-state index is 13.8. The lowest BCUT2D eigenvalue weighted by Crippen LogP contribution is -2.39. The fraction of sp³-hybridized carbons (Fsp3) is 0.333. The number of piperidine rings is 1. The lowest BCUT2D eigenvalue weighted by Gasteiger charge is -2.32. The molecule has 0 aromatic heterocycles. The van der Waals surface area contributed by atoms with Crippen LogP contribution < -0.4 is 5.32 Å². The number of nitrogens with one attached hydrogen (secondary N) is 1. The van der Waals surface area contributed by atoms with Gasteiger partial charge in [-0.3, -0.25) is 9.59 Å². The summed E-state index contributed by atoms with van der Waals surface area (Å²) in [4.78, 5) is 26.2. The number of nitrogens with zero attached hydrogens (tertiary/aromatic N) is 1. The van der Waals surface area contributed by atoms with Crippen LogP contribution in [0, 0.1) is 11.7 Å². The van der Waals surface area contributed by atoms with Crippen molar-refractivity contribution in [2.45, 2.75) is 25.7 Å². The van der Waals surface area contributed by atoms with Gasteiger partial charge in [0.15, 0.2) is 0 Å². The molecule has 0 saturated carbocycles. The number of carbonyl (C=O) groups excluding carboxylic acids is 2. The predicted octanol–water partition coefficient (Wildman–Crippen LogP) is 4.10. The molecular weight excluding hydrogens is 331 g/mol. The van der Waals surface area contributed by atoms with Crippen LogP contribution in [0.25, 0.3) is 0 Å². The van der Waals surface area contributed by atoms with Gasteiger partial charge in [0.2, 0.25) is 5.91 Å². The molecule has 0 aliphatic carbocycles. The van der Waals surface area contributed by atoms with E-state index < -0.39 is 5.82 Å². The van der Waals surface area contributed by atoms with Crippen LogP contribution >= 0.6 is 0 Å². The molecule has 136 valence electrons. The summed E-state index contributed by atoms with van der Waals surface area (Å²) in [6.07, 6.45) is 2.97. The van der Waals surface area contributed by atoms with E-state index in [0.717, 1.165) is 24.9 Å². The standard InChI is InChI=1S/C21H23FN2O2/c22-19-9-5-4-8-18(19)21(26)24-14-12-16(13-15-24)10-11-20(25)23-17-6-2-1-3-7-17/h1-9,16H,10-15H2,(H,23,25). The second-order valence-electron chi connectivity index (χ2n) is 6.67. The van der Waals surface area contributed by atoms with Crippen molar-refractivity contribution in [3.8, 4) is 0 Å². The Morgan fingerprint density at radius 1 is 1.00 bits per heavy atom. The third-order valence-corrected chi connectivity index (χ3v) is 4.84. The minimum atomic E-state index is -0.475. The number of benzene rings is 2. The van der Waals surface area contributed by atoms with E-state index in [2.05, 4.69) is 5.32 Å². The molecule has 0 radical (unpaired) electrons. The van der Waals surface area contributed by atoms with Crippen molar-refractivity contribution in [1.82, 2.24) is 4.90 Å². The number of hydrogen-bond acceptors (Lipinski definition) is 2. The van der Waals surface area contributed by atoms with E-state index in [4.69, 9.17) is 0 Å². The van der Waals surface area contributed by atoms with Gasteiger partial charge < -0.3 is 10.2 Å². The van der Waals surface area contributed by atoms with Crippen LogP contribution in [0.3, 0.4) is 0 Å². The van der Waals surface area contributed by atoms with Gasteiger partial charge in [-0.25, -0.2) is 4.39 Å². The Labute approximate surface area is 153 Å². The lowest BCUT2D eigenvalue weighted by atomic mass is 9.91. The summed E-state index contributed by atoms with van der Waals surface area (Å²) >= 11 is 0. The second-order valence-corrected chi connectivity index (χ2v) is 6.67. The van der Waals surface area contributed by atoms with Gasteiger partial charge in [0.25, 0.3) is 5.91 Å². The number of halogens is 1. The molecule has 2 aromatic rings. The number of para-hydroxylation sites is 1. The third kappa shape index (κ3) is 4.69. The molecule has 1 heterocycles. The highest BCUT2D eigenvalue weighted by molar-refractivity contribution is 5.94. The topological polar surface area (TPSA) is 49.4 Å². The normalized spacial score (nSPS) is 14.9. The maximum atomic E-state index is 13.8. The maximum Gasteiger partial charge on any atom is 0.256 e. The van der Waals surface area contributed by atoms with Crippen molar-refractivity contribution in [1.29, 1.82) is 0 Å². The number of anilines is 1. The summed E-state index contributed by atoms with van der Waals surface area (Å²) in [6, 6.07) is 15.5. The van der Waals surface area contributed by atoms with E-state index in [1.165, 1.54) is 12.1 Å². The van der Waals surface area contributed by atoms with E-state index in [0.29, 0.717) is 25.4 Å². The molecule has 0 atom stereocenters. The van der Waals surface area contributed by atoms with Gasteiger partial charge in [0, 0.05) is 25.2 Å². The summed E-state index contributed by atoms with van der Waals surface area (Å²) < 4.78 is 13.8. The van der Waals surface area contributed by atoms with Crippen LogP contribution in [0.4, 0.5) is 10.1 Å². The number of carbonyl (C=O) groups is 2. The van der Waals surface area contributed by atoms with Crippen LogP contribution in [0.5, 0.6) is 0 Å². The monoisotopic (exact) mass is 354 g/mol. The number of likely N-dealkylation sites (tertiary alicyclic amines) is 1. The molecule has 0 bridgehead atoms. The van der Waals surface area contributed by atoms with Gasteiger partial charge in [0.05, 0.1) is 5.56 Å². The van der Waals surface area contributed by atoms with Gasteiger partial charge in [-0.15, -0.1) is 0 Å².